The summed E-state index contributed by atoms with van der Waals surface area (Å²) in [5, 5.41) is 3.03. The molecule has 0 radical (unpaired) electrons. The SMILES string of the molecule is CCc1ccc(C(C)NC(=O)c2ccc(C)s2)cc1. The van der Waals surface area contributed by atoms with Gasteiger partial charge in [0, 0.05) is 4.88 Å². The zero-order chi connectivity index (χ0) is 13.8. The van der Waals surface area contributed by atoms with Gasteiger partial charge in [0.1, 0.15) is 0 Å². The molecule has 1 aromatic carbocycles. The van der Waals surface area contributed by atoms with E-state index in [2.05, 4.69) is 36.5 Å². The second-order valence-electron chi connectivity index (χ2n) is 4.70. The lowest BCUT2D eigenvalue weighted by molar-refractivity contribution is 0.0944. The van der Waals surface area contributed by atoms with E-state index in [1.807, 2.05) is 26.0 Å². The van der Waals surface area contributed by atoms with E-state index < -0.39 is 0 Å². The van der Waals surface area contributed by atoms with Crippen LogP contribution in [0.25, 0.3) is 0 Å². The predicted octanol–water partition coefficient (Wildman–Crippen LogP) is 4.11. The van der Waals surface area contributed by atoms with Crippen molar-refractivity contribution in [3.63, 3.8) is 0 Å². The number of carbonyl (C=O) groups excluding carboxylic acids is 1. The molecule has 2 aromatic rings. The molecular formula is C16H19NOS. The third kappa shape index (κ3) is 3.44. The summed E-state index contributed by atoms with van der Waals surface area (Å²) in [4.78, 5) is 14.0. The molecule has 0 saturated heterocycles. The van der Waals surface area contributed by atoms with Crippen molar-refractivity contribution in [2.75, 3.05) is 0 Å². The Hall–Kier alpha value is -1.61. The zero-order valence-corrected chi connectivity index (χ0v) is 12.4. The minimum absolute atomic E-state index is 0.00479. The summed E-state index contributed by atoms with van der Waals surface area (Å²) in [7, 11) is 0. The van der Waals surface area contributed by atoms with Gasteiger partial charge in [0.25, 0.3) is 5.91 Å². The van der Waals surface area contributed by atoms with Crippen molar-refractivity contribution in [1.29, 1.82) is 0 Å². The Labute approximate surface area is 118 Å². The van der Waals surface area contributed by atoms with Crippen molar-refractivity contribution in [2.45, 2.75) is 33.2 Å². The Morgan fingerprint density at radius 2 is 1.89 bits per heavy atom. The molecule has 2 rings (SSSR count). The van der Waals surface area contributed by atoms with Gasteiger partial charge in [-0.2, -0.15) is 0 Å². The first kappa shape index (κ1) is 13.8. The Morgan fingerprint density at radius 1 is 1.21 bits per heavy atom. The Kier molecular flexibility index (Phi) is 4.38. The highest BCUT2D eigenvalue weighted by atomic mass is 32.1. The van der Waals surface area contributed by atoms with Gasteiger partial charge in [-0.05, 0) is 43.5 Å². The molecule has 2 nitrogen and oxygen atoms in total. The van der Waals surface area contributed by atoms with Gasteiger partial charge in [-0.15, -0.1) is 11.3 Å². The van der Waals surface area contributed by atoms with Gasteiger partial charge < -0.3 is 5.32 Å². The number of thiophene rings is 1. The normalized spacial score (nSPS) is 12.2. The number of rotatable bonds is 4. The number of carbonyl (C=O) groups is 1. The molecule has 0 aliphatic heterocycles. The number of hydrogen-bond acceptors (Lipinski definition) is 2. The first-order valence-electron chi connectivity index (χ1n) is 6.56. The highest BCUT2D eigenvalue weighted by molar-refractivity contribution is 7.13. The molecule has 1 heterocycles. The molecule has 0 bridgehead atoms. The monoisotopic (exact) mass is 273 g/mol. The van der Waals surface area contributed by atoms with Crippen LogP contribution in [0.5, 0.6) is 0 Å². The molecule has 1 N–H and O–H groups in total. The Morgan fingerprint density at radius 3 is 2.42 bits per heavy atom. The van der Waals surface area contributed by atoms with Gasteiger partial charge in [0.2, 0.25) is 0 Å². The molecule has 1 aromatic heterocycles. The maximum Gasteiger partial charge on any atom is 0.261 e. The minimum Gasteiger partial charge on any atom is -0.345 e. The third-order valence-corrected chi connectivity index (χ3v) is 4.20. The van der Waals surface area contributed by atoms with Gasteiger partial charge in [0.15, 0.2) is 0 Å². The highest BCUT2D eigenvalue weighted by Crippen LogP contribution is 2.18. The van der Waals surface area contributed by atoms with Crippen LogP contribution in [-0.4, -0.2) is 5.91 Å². The van der Waals surface area contributed by atoms with Crippen molar-refractivity contribution in [3.05, 3.63) is 57.3 Å². The molecule has 1 amide bonds. The van der Waals surface area contributed by atoms with Crippen molar-refractivity contribution in [1.82, 2.24) is 5.32 Å². The molecule has 0 aliphatic rings. The topological polar surface area (TPSA) is 29.1 Å². The molecule has 3 heteroatoms. The summed E-state index contributed by atoms with van der Waals surface area (Å²) >= 11 is 1.53. The largest absolute Gasteiger partial charge is 0.345 e. The molecule has 1 atom stereocenters. The van der Waals surface area contributed by atoms with E-state index in [4.69, 9.17) is 0 Å². The van der Waals surface area contributed by atoms with Gasteiger partial charge in [-0.1, -0.05) is 31.2 Å². The zero-order valence-electron chi connectivity index (χ0n) is 11.6. The van der Waals surface area contributed by atoms with Crippen LogP contribution in [0, 0.1) is 6.92 Å². The number of nitrogens with one attached hydrogen (secondary N) is 1. The lowest BCUT2D eigenvalue weighted by Gasteiger charge is -2.14. The summed E-state index contributed by atoms with van der Waals surface area (Å²) < 4.78 is 0. The maximum absolute atomic E-state index is 12.1. The third-order valence-electron chi connectivity index (χ3n) is 3.20. The lowest BCUT2D eigenvalue weighted by Crippen LogP contribution is -2.25. The molecule has 19 heavy (non-hydrogen) atoms. The van der Waals surface area contributed by atoms with Crippen LogP contribution in [0.1, 0.15) is 45.6 Å². The van der Waals surface area contributed by atoms with Crippen molar-refractivity contribution >= 4 is 17.2 Å². The van der Waals surface area contributed by atoms with Crippen LogP contribution in [0.2, 0.25) is 0 Å². The summed E-state index contributed by atoms with van der Waals surface area (Å²) in [5.41, 5.74) is 2.45. The van der Waals surface area contributed by atoms with Crippen LogP contribution in [0.3, 0.4) is 0 Å². The molecule has 100 valence electrons. The summed E-state index contributed by atoms with van der Waals surface area (Å²) in [5.74, 6) is 0.00479. The highest BCUT2D eigenvalue weighted by Gasteiger charge is 2.12. The standard InChI is InChI=1S/C16H19NOS/c1-4-13-6-8-14(9-7-13)12(3)17-16(18)15-10-5-11(2)19-15/h5-10,12H,4H2,1-3H3,(H,17,18). The molecular weight excluding hydrogens is 254 g/mol. The number of amides is 1. The molecule has 0 spiro atoms. The average molecular weight is 273 g/mol. The summed E-state index contributed by atoms with van der Waals surface area (Å²) in [6, 6.07) is 12.3. The van der Waals surface area contributed by atoms with Crippen LogP contribution < -0.4 is 5.32 Å². The van der Waals surface area contributed by atoms with Crippen molar-refractivity contribution < 1.29 is 4.79 Å². The number of hydrogen-bond donors (Lipinski definition) is 1. The minimum atomic E-state index is 0.00479. The average Bonchev–Trinajstić information content (AvgIpc) is 2.85. The quantitative estimate of drug-likeness (QED) is 0.892. The van der Waals surface area contributed by atoms with E-state index in [1.165, 1.54) is 16.9 Å². The van der Waals surface area contributed by atoms with Crippen molar-refractivity contribution in [3.8, 4) is 0 Å². The van der Waals surface area contributed by atoms with E-state index in [9.17, 15) is 4.79 Å². The van der Waals surface area contributed by atoms with Gasteiger partial charge >= 0.3 is 0 Å². The van der Waals surface area contributed by atoms with E-state index in [-0.39, 0.29) is 11.9 Å². The van der Waals surface area contributed by atoms with E-state index in [0.29, 0.717) is 0 Å². The van der Waals surface area contributed by atoms with Crippen LogP contribution in [-0.2, 0) is 6.42 Å². The second kappa shape index (κ2) is 6.02. The van der Waals surface area contributed by atoms with E-state index >= 15 is 0 Å². The van der Waals surface area contributed by atoms with Gasteiger partial charge in [-0.25, -0.2) is 0 Å². The number of benzene rings is 1. The van der Waals surface area contributed by atoms with E-state index in [0.717, 1.165) is 21.7 Å². The lowest BCUT2D eigenvalue weighted by atomic mass is 10.0. The Bertz CT molecular complexity index is 556. The second-order valence-corrected chi connectivity index (χ2v) is 5.99. The molecule has 0 aliphatic carbocycles. The molecule has 0 saturated carbocycles. The maximum atomic E-state index is 12.1. The number of aryl methyl sites for hydroxylation is 2. The fraction of sp³-hybridized carbons (Fsp3) is 0.312. The van der Waals surface area contributed by atoms with Crippen LogP contribution >= 0.6 is 11.3 Å². The van der Waals surface area contributed by atoms with Crippen LogP contribution in [0.15, 0.2) is 36.4 Å². The smallest absolute Gasteiger partial charge is 0.261 e. The first-order valence-corrected chi connectivity index (χ1v) is 7.38. The van der Waals surface area contributed by atoms with E-state index in [1.54, 1.807) is 0 Å². The molecule has 0 fully saturated rings. The van der Waals surface area contributed by atoms with Gasteiger partial charge in [0.05, 0.1) is 10.9 Å². The molecule has 1 unspecified atom stereocenters. The van der Waals surface area contributed by atoms with Crippen molar-refractivity contribution in [2.24, 2.45) is 0 Å². The van der Waals surface area contributed by atoms with Crippen LogP contribution in [0.4, 0.5) is 0 Å². The summed E-state index contributed by atoms with van der Waals surface area (Å²) in [6.07, 6.45) is 1.04. The Balaban J connectivity index is 2.03. The summed E-state index contributed by atoms with van der Waals surface area (Å²) in [6.45, 7) is 6.16. The first-order chi connectivity index (χ1) is 9.10. The predicted molar refractivity (Wildman–Crippen MR) is 80.8 cm³/mol. The fourth-order valence-electron chi connectivity index (χ4n) is 1.95. The van der Waals surface area contributed by atoms with Gasteiger partial charge in [-0.3, -0.25) is 4.79 Å². The fourth-order valence-corrected chi connectivity index (χ4v) is 2.72.